The zero-order valence-corrected chi connectivity index (χ0v) is 9.58. The minimum atomic E-state index is -0.331. The molecule has 0 aromatic heterocycles. The van der Waals surface area contributed by atoms with Gasteiger partial charge in [-0.2, -0.15) is 0 Å². The molecule has 1 aromatic rings. The van der Waals surface area contributed by atoms with Gasteiger partial charge in [-0.25, -0.2) is 4.39 Å². The van der Waals surface area contributed by atoms with Gasteiger partial charge in [0.2, 0.25) is 0 Å². The smallest absolute Gasteiger partial charge is 0.131 e. The highest BCUT2D eigenvalue weighted by Crippen LogP contribution is 2.29. The lowest BCUT2D eigenvalue weighted by Crippen LogP contribution is -2.14. The van der Waals surface area contributed by atoms with Crippen molar-refractivity contribution < 1.29 is 9.13 Å². The number of hydrogen-bond acceptors (Lipinski definition) is 3. The molecule has 0 fully saturated rings. The molecule has 0 unspecified atom stereocenters. The van der Waals surface area contributed by atoms with Crippen LogP contribution in [0.25, 0.3) is 0 Å². The van der Waals surface area contributed by atoms with Crippen LogP contribution in [0.5, 0.6) is 5.75 Å². The fourth-order valence-corrected chi connectivity index (χ4v) is 1.71. The molecule has 0 saturated carbocycles. The quantitative estimate of drug-likeness (QED) is 0.729. The van der Waals surface area contributed by atoms with Crippen molar-refractivity contribution in [2.75, 3.05) is 13.7 Å². The topological polar surface area (TPSA) is 61.3 Å². The molecule has 0 amide bonds. The molecule has 0 spiro atoms. The summed E-state index contributed by atoms with van der Waals surface area (Å²) in [6, 6.07) is 4.41. The van der Waals surface area contributed by atoms with Crippen molar-refractivity contribution >= 4 is 0 Å². The average molecular weight is 226 g/mol. The zero-order chi connectivity index (χ0) is 12.0. The van der Waals surface area contributed by atoms with E-state index in [4.69, 9.17) is 16.2 Å². The Morgan fingerprint density at radius 1 is 1.38 bits per heavy atom. The molecule has 1 aromatic carbocycles. The molecule has 4 N–H and O–H groups in total. The lowest BCUT2D eigenvalue weighted by atomic mass is 10.0. The van der Waals surface area contributed by atoms with Gasteiger partial charge in [0.25, 0.3) is 0 Å². The minimum absolute atomic E-state index is 0.306. The Balaban J connectivity index is 2.76. The third-order valence-electron chi connectivity index (χ3n) is 2.57. The SMILES string of the molecule is COc1cccc(F)c1[C@H](N)CCCCN. The van der Waals surface area contributed by atoms with Gasteiger partial charge in [-0.1, -0.05) is 12.5 Å². The Kier molecular flexibility index (Phi) is 5.22. The number of unbranched alkanes of at least 4 members (excludes halogenated alkanes) is 1. The van der Waals surface area contributed by atoms with E-state index in [9.17, 15) is 4.39 Å². The Morgan fingerprint density at radius 3 is 2.75 bits per heavy atom. The summed E-state index contributed by atoms with van der Waals surface area (Å²) >= 11 is 0. The van der Waals surface area contributed by atoms with Crippen molar-refractivity contribution in [3.63, 3.8) is 0 Å². The van der Waals surface area contributed by atoms with Crippen molar-refractivity contribution in [2.24, 2.45) is 11.5 Å². The Labute approximate surface area is 95.6 Å². The van der Waals surface area contributed by atoms with E-state index in [1.165, 1.54) is 13.2 Å². The second kappa shape index (κ2) is 6.45. The fraction of sp³-hybridized carbons (Fsp3) is 0.500. The third-order valence-corrected chi connectivity index (χ3v) is 2.57. The second-order valence-corrected chi connectivity index (χ2v) is 3.75. The molecule has 0 aliphatic carbocycles. The summed E-state index contributed by atoms with van der Waals surface area (Å²) in [7, 11) is 1.52. The summed E-state index contributed by atoms with van der Waals surface area (Å²) in [5, 5.41) is 0. The van der Waals surface area contributed by atoms with Gasteiger partial charge in [0.15, 0.2) is 0 Å². The van der Waals surface area contributed by atoms with Crippen LogP contribution in [0.4, 0.5) is 4.39 Å². The molecule has 0 radical (unpaired) electrons. The lowest BCUT2D eigenvalue weighted by molar-refractivity contribution is 0.396. The van der Waals surface area contributed by atoms with Crippen LogP contribution in [0.15, 0.2) is 18.2 Å². The second-order valence-electron chi connectivity index (χ2n) is 3.75. The van der Waals surface area contributed by atoms with E-state index in [2.05, 4.69) is 0 Å². The number of rotatable bonds is 6. The molecule has 0 aliphatic rings. The molecule has 90 valence electrons. The van der Waals surface area contributed by atoms with Crippen molar-refractivity contribution in [3.05, 3.63) is 29.6 Å². The standard InChI is InChI=1S/C12H19FN2O/c1-16-11-7-4-5-9(13)12(11)10(15)6-2-3-8-14/h4-5,7,10H,2-3,6,8,14-15H2,1H3/t10-/m1/s1. The maximum atomic E-state index is 13.6. The van der Waals surface area contributed by atoms with E-state index in [-0.39, 0.29) is 11.9 Å². The predicted octanol–water partition coefficient (Wildman–Crippen LogP) is 1.96. The summed E-state index contributed by atoms with van der Waals surface area (Å²) in [4.78, 5) is 0. The monoisotopic (exact) mass is 226 g/mol. The molecule has 0 saturated heterocycles. The van der Waals surface area contributed by atoms with Gasteiger partial charge in [0.1, 0.15) is 11.6 Å². The van der Waals surface area contributed by atoms with Crippen LogP contribution < -0.4 is 16.2 Å². The van der Waals surface area contributed by atoms with Crippen LogP contribution in [-0.4, -0.2) is 13.7 Å². The predicted molar refractivity (Wildman–Crippen MR) is 62.8 cm³/mol. The first-order chi connectivity index (χ1) is 7.70. The first kappa shape index (κ1) is 12.9. The van der Waals surface area contributed by atoms with Gasteiger partial charge < -0.3 is 16.2 Å². The first-order valence-corrected chi connectivity index (χ1v) is 5.48. The van der Waals surface area contributed by atoms with Gasteiger partial charge in [0.05, 0.1) is 7.11 Å². The summed E-state index contributed by atoms with van der Waals surface area (Å²) in [6.07, 6.45) is 2.52. The molecule has 1 rings (SSSR count). The van der Waals surface area contributed by atoms with Gasteiger partial charge in [-0.05, 0) is 31.5 Å². The number of ether oxygens (including phenoxy) is 1. The fourth-order valence-electron chi connectivity index (χ4n) is 1.71. The number of halogens is 1. The lowest BCUT2D eigenvalue weighted by Gasteiger charge is -2.16. The van der Waals surface area contributed by atoms with Crippen LogP contribution in [0.1, 0.15) is 30.9 Å². The van der Waals surface area contributed by atoms with E-state index >= 15 is 0 Å². The highest BCUT2D eigenvalue weighted by Gasteiger charge is 2.16. The van der Waals surface area contributed by atoms with Gasteiger partial charge >= 0.3 is 0 Å². The first-order valence-electron chi connectivity index (χ1n) is 5.48. The molecule has 1 atom stereocenters. The molecule has 0 heterocycles. The summed E-state index contributed by atoms with van der Waals surface area (Å²) in [6.45, 7) is 0.640. The van der Waals surface area contributed by atoms with E-state index in [0.717, 1.165) is 12.8 Å². The molecule has 16 heavy (non-hydrogen) atoms. The van der Waals surface area contributed by atoms with Gasteiger partial charge in [-0.15, -0.1) is 0 Å². The molecular formula is C12H19FN2O. The zero-order valence-electron chi connectivity index (χ0n) is 9.58. The van der Waals surface area contributed by atoms with Crippen LogP contribution in [0.3, 0.4) is 0 Å². The number of benzene rings is 1. The van der Waals surface area contributed by atoms with Gasteiger partial charge in [0, 0.05) is 11.6 Å². The average Bonchev–Trinajstić information content (AvgIpc) is 2.28. The van der Waals surface area contributed by atoms with Crippen LogP contribution in [0.2, 0.25) is 0 Å². The van der Waals surface area contributed by atoms with E-state index in [0.29, 0.717) is 24.3 Å². The molecule has 0 aliphatic heterocycles. The molecule has 3 nitrogen and oxygen atoms in total. The van der Waals surface area contributed by atoms with Crippen LogP contribution >= 0.6 is 0 Å². The van der Waals surface area contributed by atoms with E-state index in [1.54, 1.807) is 12.1 Å². The Hall–Kier alpha value is -1.13. The Morgan fingerprint density at radius 2 is 2.12 bits per heavy atom. The number of hydrogen-bond donors (Lipinski definition) is 2. The van der Waals surface area contributed by atoms with Gasteiger partial charge in [-0.3, -0.25) is 0 Å². The molecular weight excluding hydrogens is 207 g/mol. The summed E-state index contributed by atoms with van der Waals surface area (Å²) in [5.74, 6) is 0.208. The van der Waals surface area contributed by atoms with Crippen molar-refractivity contribution in [1.82, 2.24) is 0 Å². The number of nitrogens with two attached hydrogens (primary N) is 2. The summed E-state index contributed by atoms with van der Waals surface area (Å²) < 4.78 is 18.7. The van der Waals surface area contributed by atoms with E-state index < -0.39 is 0 Å². The highest BCUT2D eigenvalue weighted by molar-refractivity contribution is 5.36. The van der Waals surface area contributed by atoms with Crippen LogP contribution in [0, 0.1) is 5.82 Å². The molecule has 4 heteroatoms. The van der Waals surface area contributed by atoms with Crippen molar-refractivity contribution in [1.29, 1.82) is 0 Å². The number of methoxy groups -OCH3 is 1. The van der Waals surface area contributed by atoms with Crippen molar-refractivity contribution in [2.45, 2.75) is 25.3 Å². The van der Waals surface area contributed by atoms with Crippen molar-refractivity contribution in [3.8, 4) is 5.75 Å². The summed E-state index contributed by atoms with van der Waals surface area (Å²) in [5.41, 5.74) is 11.8. The normalized spacial score (nSPS) is 12.5. The third kappa shape index (κ3) is 3.18. The van der Waals surface area contributed by atoms with E-state index in [1.807, 2.05) is 0 Å². The maximum Gasteiger partial charge on any atom is 0.131 e. The minimum Gasteiger partial charge on any atom is -0.496 e. The largest absolute Gasteiger partial charge is 0.496 e. The highest BCUT2D eigenvalue weighted by atomic mass is 19.1. The van der Waals surface area contributed by atoms with Crippen LogP contribution in [-0.2, 0) is 0 Å². The maximum absolute atomic E-state index is 13.6. The molecule has 0 bridgehead atoms. The Bertz CT molecular complexity index is 331.